The largest absolute Gasteiger partial charge is 0.478 e. The zero-order chi connectivity index (χ0) is 15.1. The molecule has 9 heteroatoms. The number of aliphatic carboxylic acids is 1. The highest BCUT2D eigenvalue weighted by atomic mass is 31.2. The Kier molecular flexibility index (Phi) is 3.41. The Morgan fingerprint density at radius 3 is 2.75 bits per heavy atom. The van der Waals surface area contributed by atoms with Crippen LogP contribution in [0.15, 0.2) is 24.5 Å². The molecule has 20 heavy (non-hydrogen) atoms. The van der Waals surface area contributed by atoms with Gasteiger partial charge in [0, 0.05) is 24.5 Å². The van der Waals surface area contributed by atoms with Gasteiger partial charge in [0.25, 0.3) is 0 Å². The minimum absolute atomic E-state index is 0.0666. The van der Waals surface area contributed by atoms with E-state index in [0.29, 0.717) is 5.65 Å². The third-order valence-electron chi connectivity index (χ3n) is 3.01. The first-order valence-corrected chi connectivity index (χ1v) is 7.17. The van der Waals surface area contributed by atoms with Crippen molar-refractivity contribution >= 4 is 19.2 Å². The van der Waals surface area contributed by atoms with Crippen LogP contribution in [0.5, 0.6) is 0 Å². The van der Waals surface area contributed by atoms with Gasteiger partial charge in [0.2, 0.25) is 0 Å². The van der Waals surface area contributed by atoms with Crippen molar-refractivity contribution < 1.29 is 28.6 Å². The molecular weight excluding hydrogens is 290 g/mol. The third-order valence-corrected chi connectivity index (χ3v) is 4.29. The van der Waals surface area contributed by atoms with Crippen molar-refractivity contribution in [1.82, 2.24) is 9.38 Å². The van der Waals surface area contributed by atoms with E-state index in [2.05, 4.69) is 4.98 Å². The monoisotopic (exact) mass is 302 g/mol. The van der Waals surface area contributed by atoms with Gasteiger partial charge in [0.15, 0.2) is 0 Å². The van der Waals surface area contributed by atoms with Crippen molar-refractivity contribution in [3.05, 3.63) is 35.8 Å². The molecule has 0 aromatic carbocycles. The predicted octanol–water partition coefficient (Wildman–Crippen LogP) is 1.11. The van der Waals surface area contributed by atoms with Gasteiger partial charge in [-0.15, -0.1) is 0 Å². The molecular formula is C11H12FN2O5P. The molecule has 7 nitrogen and oxygen atoms in total. The molecule has 0 bridgehead atoms. The van der Waals surface area contributed by atoms with Gasteiger partial charge in [-0.1, -0.05) is 6.07 Å². The maximum Gasteiger partial charge on any atom is 0.374 e. The van der Waals surface area contributed by atoms with Crippen LogP contribution >= 0.6 is 7.60 Å². The van der Waals surface area contributed by atoms with Gasteiger partial charge in [-0.05, 0) is 18.6 Å². The molecule has 2 aromatic heterocycles. The molecule has 2 aromatic rings. The van der Waals surface area contributed by atoms with Crippen molar-refractivity contribution in [2.24, 2.45) is 0 Å². The maximum absolute atomic E-state index is 14.2. The second kappa shape index (κ2) is 4.66. The Balaban J connectivity index is 2.53. The molecule has 0 aliphatic rings. The van der Waals surface area contributed by atoms with Gasteiger partial charge < -0.3 is 19.3 Å². The van der Waals surface area contributed by atoms with Crippen molar-refractivity contribution in [1.29, 1.82) is 0 Å². The summed E-state index contributed by atoms with van der Waals surface area (Å²) in [5, 5.41) is 5.12. The summed E-state index contributed by atoms with van der Waals surface area (Å²) in [6, 6.07) is 3.40. The van der Waals surface area contributed by atoms with Crippen LogP contribution in [-0.2, 0) is 15.8 Å². The smallest absolute Gasteiger partial charge is 0.374 e. The zero-order valence-electron chi connectivity index (χ0n) is 10.4. The summed E-state index contributed by atoms with van der Waals surface area (Å²) >= 11 is 0. The number of alkyl halides is 1. The molecule has 0 aliphatic heterocycles. The first-order chi connectivity index (χ1) is 9.17. The molecule has 0 fully saturated rings. The van der Waals surface area contributed by atoms with Crippen LogP contribution in [0.1, 0.15) is 11.3 Å². The Morgan fingerprint density at radius 1 is 1.55 bits per heavy atom. The summed E-state index contributed by atoms with van der Waals surface area (Å²) < 4.78 is 26.7. The van der Waals surface area contributed by atoms with Crippen LogP contribution in [0.4, 0.5) is 4.39 Å². The summed E-state index contributed by atoms with van der Waals surface area (Å²) in [5.74, 6) is -2.20. The maximum atomic E-state index is 14.2. The summed E-state index contributed by atoms with van der Waals surface area (Å²) in [5.41, 5.74) is 1.31. The van der Waals surface area contributed by atoms with Crippen molar-refractivity contribution in [2.45, 2.75) is 18.8 Å². The van der Waals surface area contributed by atoms with E-state index < -0.39 is 25.4 Å². The number of halogens is 1. The fourth-order valence-electron chi connectivity index (χ4n) is 1.88. The number of imidazole rings is 1. The molecule has 0 saturated carbocycles. The average molecular weight is 302 g/mol. The standard InChI is InChI=1S/C11H12FN2O5P/c1-7-3-2-4-14-8(6-13-9(7)14)5-11(12,10(15)16)20(17,18)19/h2-4,6H,5H2,1H3,(H,15,16)(H2,17,18,19). The number of aryl methyl sites for hydroxylation is 1. The molecule has 0 aliphatic carbocycles. The van der Waals surface area contributed by atoms with Gasteiger partial charge >= 0.3 is 19.0 Å². The number of hydrogen-bond donors (Lipinski definition) is 3. The predicted molar refractivity (Wildman–Crippen MR) is 67.2 cm³/mol. The van der Waals surface area contributed by atoms with Crippen LogP contribution in [-0.4, -0.2) is 35.7 Å². The Morgan fingerprint density at radius 2 is 2.20 bits per heavy atom. The average Bonchev–Trinajstić information content (AvgIpc) is 2.72. The number of fused-ring (bicyclic) bond motifs is 1. The van der Waals surface area contributed by atoms with E-state index in [4.69, 9.17) is 14.9 Å². The molecule has 0 spiro atoms. The van der Waals surface area contributed by atoms with E-state index in [1.165, 1.54) is 16.8 Å². The first-order valence-electron chi connectivity index (χ1n) is 5.56. The molecule has 2 heterocycles. The minimum atomic E-state index is -5.48. The topological polar surface area (TPSA) is 112 Å². The SMILES string of the molecule is Cc1cccn2c(CC(F)(C(=O)O)P(=O)(O)O)cnc12. The zero-order valence-corrected chi connectivity index (χ0v) is 11.3. The number of nitrogens with zero attached hydrogens (tertiary/aromatic N) is 2. The van der Waals surface area contributed by atoms with Gasteiger partial charge in [0.05, 0.1) is 0 Å². The van der Waals surface area contributed by atoms with Gasteiger partial charge in [-0.2, -0.15) is 0 Å². The van der Waals surface area contributed by atoms with Crippen molar-refractivity contribution in [2.75, 3.05) is 0 Å². The number of aromatic nitrogens is 2. The second-order valence-corrected chi connectivity index (χ2v) is 6.22. The lowest BCUT2D eigenvalue weighted by Crippen LogP contribution is -2.36. The number of hydrogen-bond acceptors (Lipinski definition) is 3. The third kappa shape index (κ3) is 2.22. The molecule has 2 rings (SSSR count). The Labute approximate surface area is 112 Å². The summed E-state index contributed by atoms with van der Waals surface area (Å²) in [6.45, 7) is 1.76. The summed E-state index contributed by atoms with van der Waals surface area (Å²) in [6.07, 6.45) is 1.75. The number of carboxylic acid groups (broad SMARTS) is 1. The van der Waals surface area contributed by atoms with Crippen LogP contribution < -0.4 is 0 Å². The lowest BCUT2D eigenvalue weighted by Gasteiger charge is -2.21. The molecule has 108 valence electrons. The quantitative estimate of drug-likeness (QED) is 0.729. The Hall–Kier alpha value is -1.76. The van der Waals surface area contributed by atoms with Crippen molar-refractivity contribution in [3.8, 4) is 0 Å². The van der Waals surface area contributed by atoms with Gasteiger partial charge in [-0.3, -0.25) is 4.57 Å². The fourth-order valence-corrected chi connectivity index (χ4v) is 2.49. The number of pyridine rings is 1. The highest BCUT2D eigenvalue weighted by Crippen LogP contribution is 2.53. The lowest BCUT2D eigenvalue weighted by atomic mass is 10.2. The number of carbonyl (C=O) groups is 1. The van der Waals surface area contributed by atoms with Gasteiger partial charge in [0.1, 0.15) is 5.65 Å². The molecule has 0 amide bonds. The van der Waals surface area contributed by atoms with E-state index in [-0.39, 0.29) is 5.69 Å². The van der Waals surface area contributed by atoms with Crippen LogP contribution in [0.25, 0.3) is 5.65 Å². The normalized spacial score (nSPS) is 15.2. The van der Waals surface area contributed by atoms with E-state index in [1.807, 2.05) is 0 Å². The van der Waals surface area contributed by atoms with E-state index in [1.54, 1.807) is 19.1 Å². The second-order valence-electron chi connectivity index (χ2n) is 4.42. The summed E-state index contributed by atoms with van der Waals surface area (Å²) in [7, 11) is -5.48. The molecule has 1 atom stereocenters. The molecule has 0 saturated heterocycles. The lowest BCUT2D eigenvalue weighted by molar-refractivity contribution is -0.146. The van der Waals surface area contributed by atoms with E-state index in [0.717, 1.165) is 5.56 Å². The van der Waals surface area contributed by atoms with Gasteiger partial charge in [-0.25, -0.2) is 14.2 Å². The van der Waals surface area contributed by atoms with E-state index >= 15 is 0 Å². The minimum Gasteiger partial charge on any atom is -0.478 e. The Bertz CT molecular complexity index is 725. The highest BCUT2D eigenvalue weighted by molar-refractivity contribution is 7.54. The van der Waals surface area contributed by atoms with Crippen LogP contribution in [0.3, 0.4) is 0 Å². The highest BCUT2D eigenvalue weighted by Gasteiger charge is 2.55. The number of rotatable bonds is 4. The number of carboxylic acids is 1. The summed E-state index contributed by atoms with van der Waals surface area (Å²) in [4.78, 5) is 32.8. The first kappa shape index (κ1) is 14.6. The van der Waals surface area contributed by atoms with Crippen LogP contribution in [0, 0.1) is 6.92 Å². The molecule has 3 N–H and O–H groups in total. The van der Waals surface area contributed by atoms with Crippen molar-refractivity contribution in [3.63, 3.8) is 0 Å². The van der Waals surface area contributed by atoms with Crippen LogP contribution in [0.2, 0.25) is 0 Å². The van der Waals surface area contributed by atoms with E-state index in [9.17, 15) is 13.8 Å². The molecule has 1 unspecified atom stereocenters. The molecule has 0 radical (unpaired) electrons. The fraction of sp³-hybridized carbons (Fsp3) is 0.273.